The summed E-state index contributed by atoms with van der Waals surface area (Å²) in [5, 5.41) is 9.56. The van der Waals surface area contributed by atoms with Crippen molar-refractivity contribution in [3.05, 3.63) is 34.9 Å². The van der Waals surface area contributed by atoms with Gasteiger partial charge >= 0.3 is 5.97 Å². The quantitative estimate of drug-likeness (QED) is 0.829. The van der Waals surface area contributed by atoms with Crippen LogP contribution in [0.2, 0.25) is 5.02 Å². The second kappa shape index (κ2) is 7.72. The van der Waals surface area contributed by atoms with Crippen molar-refractivity contribution >= 4 is 23.5 Å². The second-order valence-electron chi connectivity index (χ2n) is 6.84. The topological polar surface area (TPSA) is 70.1 Å². The van der Waals surface area contributed by atoms with Crippen LogP contribution in [0, 0.1) is 5.92 Å². The summed E-state index contributed by atoms with van der Waals surface area (Å²) in [6.07, 6.45) is 0.684. The SMILES string of the molecule is CN(CC(=O)O)C[C@@H]1CN(C(=O)[C@@H]2C[C@H]2c2ccccc2Cl)CCO1. The molecule has 136 valence electrons. The van der Waals surface area contributed by atoms with E-state index in [1.165, 1.54) is 0 Å². The van der Waals surface area contributed by atoms with Crippen LogP contribution >= 0.6 is 11.6 Å². The van der Waals surface area contributed by atoms with Crippen LogP contribution < -0.4 is 0 Å². The molecule has 1 aliphatic heterocycles. The fourth-order valence-corrected chi connectivity index (χ4v) is 3.77. The highest BCUT2D eigenvalue weighted by Crippen LogP contribution is 2.50. The van der Waals surface area contributed by atoms with E-state index < -0.39 is 5.97 Å². The van der Waals surface area contributed by atoms with Crippen LogP contribution in [-0.4, -0.2) is 72.7 Å². The summed E-state index contributed by atoms with van der Waals surface area (Å²) in [6.45, 7) is 2.04. The van der Waals surface area contributed by atoms with Gasteiger partial charge in [-0.1, -0.05) is 29.8 Å². The molecular formula is C18H23ClN2O4. The number of carboxylic acids is 1. The number of morpholine rings is 1. The van der Waals surface area contributed by atoms with Crippen molar-refractivity contribution in [1.29, 1.82) is 0 Å². The number of hydrogen-bond donors (Lipinski definition) is 1. The molecule has 3 rings (SSSR count). The molecule has 1 saturated heterocycles. The van der Waals surface area contributed by atoms with E-state index >= 15 is 0 Å². The molecule has 1 aliphatic carbocycles. The predicted octanol–water partition coefficient (Wildman–Crippen LogP) is 1.69. The van der Waals surface area contributed by atoms with E-state index in [0.29, 0.717) is 26.2 Å². The van der Waals surface area contributed by atoms with Crippen molar-refractivity contribution in [2.75, 3.05) is 39.8 Å². The number of benzene rings is 1. The molecule has 0 spiro atoms. The number of nitrogens with zero attached hydrogens (tertiary/aromatic N) is 2. The summed E-state index contributed by atoms with van der Waals surface area (Å²) in [6, 6.07) is 7.69. The third-order valence-electron chi connectivity index (χ3n) is 4.78. The molecule has 1 saturated carbocycles. The van der Waals surface area contributed by atoms with Gasteiger partial charge in [-0.2, -0.15) is 0 Å². The number of carbonyl (C=O) groups excluding carboxylic acids is 1. The molecule has 1 aromatic rings. The minimum Gasteiger partial charge on any atom is -0.480 e. The Morgan fingerprint density at radius 3 is 2.88 bits per heavy atom. The molecule has 1 amide bonds. The Labute approximate surface area is 152 Å². The molecule has 0 radical (unpaired) electrons. The van der Waals surface area contributed by atoms with Gasteiger partial charge in [-0.15, -0.1) is 0 Å². The zero-order valence-electron chi connectivity index (χ0n) is 14.2. The van der Waals surface area contributed by atoms with Crippen LogP contribution in [-0.2, 0) is 14.3 Å². The molecule has 6 nitrogen and oxygen atoms in total. The molecule has 0 bridgehead atoms. The first kappa shape index (κ1) is 18.2. The number of carbonyl (C=O) groups is 2. The van der Waals surface area contributed by atoms with Crippen molar-refractivity contribution in [1.82, 2.24) is 9.80 Å². The molecule has 1 N–H and O–H groups in total. The molecule has 0 aromatic heterocycles. The summed E-state index contributed by atoms with van der Waals surface area (Å²) in [5.41, 5.74) is 1.05. The van der Waals surface area contributed by atoms with Crippen molar-refractivity contribution in [2.24, 2.45) is 5.92 Å². The lowest BCUT2D eigenvalue weighted by molar-refractivity contribution is -0.143. The van der Waals surface area contributed by atoms with Crippen LogP contribution in [0.15, 0.2) is 24.3 Å². The van der Waals surface area contributed by atoms with Gasteiger partial charge in [0, 0.05) is 30.6 Å². The summed E-state index contributed by atoms with van der Waals surface area (Å²) in [4.78, 5) is 27.1. The number of carboxylic acid groups (broad SMARTS) is 1. The van der Waals surface area contributed by atoms with Gasteiger partial charge in [0.15, 0.2) is 0 Å². The first-order valence-electron chi connectivity index (χ1n) is 8.51. The van der Waals surface area contributed by atoms with Gasteiger partial charge in [-0.05, 0) is 31.0 Å². The van der Waals surface area contributed by atoms with Crippen LogP contribution in [0.1, 0.15) is 17.9 Å². The van der Waals surface area contributed by atoms with E-state index in [-0.39, 0.29) is 30.4 Å². The Morgan fingerprint density at radius 1 is 1.40 bits per heavy atom. The van der Waals surface area contributed by atoms with Crippen LogP contribution in [0.4, 0.5) is 0 Å². The highest BCUT2D eigenvalue weighted by Gasteiger charge is 2.47. The Hall–Kier alpha value is -1.63. The predicted molar refractivity (Wildman–Crippen MR) is 93.8 cm³/mol. The van der Waals surface area contributed by atoms with Crippen molar-refractivity contribution in [2.45, 2.75) is 18.4 Å². The molecule has 0 unspecified atom stereocenters. The maximum absolute atomic E-state index is 12.8. The Kier molecular flexibility index (Phi) is 5.61. The van der Waals surface area contributed by atoms with Crippen molar-refractivity contribution in [3.8, 4) is 0 Å². The van der Waals surface area contributed by atoms with Gasteiger partial charge in [-0.25, -0.2) is 0 Å². The van der Waals surface area contributed by atoms with E-state index in [0.717, 1.165) is 17.0 Å². The van der Waals surface area contributed by atoms with Crippen LogP contribution in [0.5, 0.6) is 0 Å². The average molecular weight is 367 g/mol. The van der Waals surface area contributed by atoms with Gasteiger partial charge in [0.2, 0.25) is 5.91 Å². The monoisotopic (exact) mass is 366 g/mol. The normalized spacial score (nSPS) is 25.9. The standard InChI is InChI=1S/C18H23ClN2O4/c1-20(11-17(22)23)9-12-10-21(6-7-25-12)18(24)15-8-14(15)13-4-2-3-5-16(13)19/h2-5,12,14-15H,6-11H2,1H3,(H,22,23)/t12-,14+,15-/m1/s1. The number of ether oxygens (including phenoxy) is 1. The second-order valence-corrected chi connectivity index (χ2v) is 7.24. The summed E-state index contributed by atoms with van der Waals surface area (Å²) < 4.78 is 5.69. The van der Waals surface area contributed by atoms with E-state index in [2.05, 4.69) is 0 Å². The molecule has 3 atom stereocenters. The van der Waals surface area contributed by atoms with Gasteiger partial charge in [0.25, 0.3) is 0 Å². The highest BCUT2D eigenvalue weighted by atomic mass is 35.5. The van der Waals surface area contributed by atoms with E-state index in [9.17, 15) is 9.59 Å². The summed E-state index contributed by atoms with van der Waals surface area (Å²) in [7, 11) is 1.74. The van der Waals surface area contributed by atoms with Crippen LogP contribution in [0.25, 0.3) is 0 Å². The lowest BCUT2D eigenvalue weighted by atomic mass is 10.1. The maximum atomic E-state index is 12.8. The summed E-state index contributed by atoms with van der Waals surface area (Å²) >= 11 is 6.24. The highest BCUT2D eigenvalue weighted by molar-refractivity contribution is 6.31. The first-order valence-corrected chi connectivity index (χ1v) is 8.88. The zero-order valence-corrected chi connectivity index (χ0v) is 15.0. The van der Waals surface area contributed by atoms with Gasteiger partial charge in [-0.3, -0.25) is 14.5 Å². The van der Waals surface area contributed by atoms with Crippen molar-refractivity contribution in [3.63, 3.8) is 0 Å². The number of hydrogen-bond acceptors (Lipinski definition) is 4. The molecule has 25 heavy (non-hydrogen) atoms. The number of aliphatic carboxylic acids is 1. The van der Waals surface area contributed by atoms with E-state index in [1.807, 2.05) is 29.2 Å². The van der Waals surface area contributed by atoms with Crippen LogP contribution in [0.3, 0.4) is 0 Å². The zero-order chi connectivity index (χ0) is 18.0. The van der Waals surface area contributed by atoms with E-state index in [4.69, 9.17) is 21.4 Å². The minimum atomic E-state index is -0.869. The first-order chi connectivity index (χ1) is 12.0. The lowest BCUT2D eigenvalue weighted by Gasteiger charge is -2.34. The molecule has 1 aromatic carbocycles. The Balaban J connectivity index is 1.54. The fourth-order valence-electron chi connectivity index (χ4n) is 3.50. The van der Waals surface area contributed by atoms with E-state index in [1.54, 1.807) is 11.9 Å². The average Bonchev–Trinajstić information content (AvgIpc) is 3.34. The molecule has 1 heterocycles. The third kappa shape index (κ3) is 4.51. The number of likely N-dealkylation sites (N-methyl/N-ethyl adjacent to an activating group) is 1. The Morgan fingerprint density at radius 2 is 2.16 bits per heavy atom. The van der Waals surface area contributed by atoms with Gasteiger partial charge < -0.3 is 14.7 Å². The smallest absolute Gasteiger partial charge is 0.317 e. The molecular weight excluding hydrogens is 344 g/mol. The largest absolute Gasteiger partial charge is 0.480 e. The minimum absolute atomic E-state index is 0.00426. The fraction of sp³-hybridized carbons (Fsp3) is 0.556. The Bertz CT molecular complexity index is 654. The van der Waals surface area contributed by atoms with Gasteiger partial charge in [0.05, 0.1) is 19.3 Å². The lowest BCUT2D eigenvalue weighted by Crippen LogP contribution is -2.50. The maximum Gasteiger partial charge on any atom is 0.317 e. The number of rotatable bonds is 6. The number of halogens is 1. The van der Waals surface area contributed by atoms with Crippen molar-refractivity contribution < 1.29 is 19.4 Å². The number of amides is 1. The molecule has 2 fully saturated rings. The molecule has 2 aliphatic rings. The van der Waals surface area contributed by atoms with Gasteiger partial charge in [0.1, 0.15) is 0 Å². The third-order valence-corrected chi connectivity index (χ3v) is 5.13. The molecule has 7 heteroatoms. The summed E-state index contributed by atoms with van der Waals surface area (Å²) in [5.74, 6) is -0.515.